The molecule has 2 N–H and O–H groups in total. The summed E-state index contributed by atoms with van der Waals surface area (Å²) < 4.78 is 21.2. The highest BCUT2D eigenvalue weighted by Crippen LogP contribution is 2.38. The van der Waals surface area contributed by atoms with Gasteiger partial charge in [0.25, 0.3) is 5.91 Å². The van der Waals surface area contributed by atoms with E-state index < -0.39 is 5.60 Å². The van der Waals surface area contributed by atoms with E-state index in [9.17, 15) is 9.59 Å². The van der Waals surface area contributed by atoms with E-state index in [2.05, 4.69) is 10.6 Å². The molecule has 8 nitrogen and oxygen atoms in total. The van der Waals surface area contributed by atoms with Crippen LogP contribution in [0.25, 0.3) is 0 Å². The fourth-order valence-corrected chi connectivity index (χ4v) is 3.65. The highest BCUT2D eigenvalue weighted by molar-refractivity contribution is 5.95. The van der Waals surface area contributed by atoms with E-state index >= 15 is 0 Å². The maximum absolute atomic E-state index is 12.6. The van der Waals surface area contributed by atoms with Gasteiger partial charge in [0, 0.05) is 18.2 Å². The van der Waals surface area contributed by atoms with Crippen LogP contribution in [0.5, 0.6) is 17.2 Å². The number of hydrogen-bond donors (Lipinski definition) is 2. The Kier molecular flexibility index (Phi) is 8.20. The molecule has 1 aromatic carbocycles. The molecule has 8 heteroatoms. The van der Waals surface area contributed by atoms with Gasteiger partial charge in [0.1, 0.15) is 5.60 Å². The molecular weight excluding hydrogens is 388 g/mol. The SMILES string of the molecule is COc1cc(C(=O)NCC[C@@H]2CC[C@H](NC(=O)OC(C)(C)C)C2)cc(OC)c1OC. The molecule has 1 aliphatic rings. The van der Waals surface area contributed by atoms with Gasteiger partial charge in [-0.2, -0.15) is 0 Å². The first kappa shape index (κ1) is 23.6. The van der Waals surface area contributed by atoms with Crippen molar-refractivity contribution >= 4 is 12.0 Å². The quantitative estimate of drug-likeness (QED) is 0.666. The minimum atomic E-state index is -0.501. The van der Waals surface area contributed by atoms with Gasteiger partial charge in [0.2, 0.25) is 5.75 Å². The zero-order valence-electron chi connectivity index (χ0n) is 18.8. The normalized spacial score (nSPS) is 18.5. The molecule has 1 fully saturated rings. The van der Waals surface area contributed by atoms with Crippen molar-refractivity contribution in [3.05, 3.63) is 17.7 Å². The second-order valence-corrected chi connectivity index (χ2v) is 8.48. The summed E-state index contributed by atoms with van der Waals surface area (Å²) in [5.41, 5.74) is -0.0560. The summed E-state index contributed by atoms with van der Waals surface area (Å²) in [5.74, 6) is 1.58. The third-order valence-corrected chi connectivity index (χ3v) is 5.03. The monoisotopic (exact) mass is 422 g/mol. The van der Waals surface area contributed by atoms with E-state index in [0.717, 1.165) is 25.7 Å². The van der Waals surface area contributed by atoms with Crippen molar-refractivity contribution < 1.29 is 28.5 Å². The van der Waals surface area contributed by atoms with Crippen LogP contribution in [-0.4, -0.2) is 51.5 Å². The number of carbonyl (C=O) groups is 2. The fourth-order valence-electron chi connectivity index (χ4n) is 3.65. The van der Waals surface area contributed by atoms with Crippen molar-refractivity contribution in [1.29, 1.82) is 0 Å². The summed E-state index contributed by atoms with van der Waals surface area (Å²) in [6.45, 7) is 6.10. The van der Waals surface area contributed by atoms with Gasteiger partial charge < -0.3 is 29.6 Å². The number of ether oxygens (including phenoxy) is 4. The van der Waals surface area contributed by atoms with Gasteiger partial charge in [-0.1, -0.05) is 0 Å². The van der Waals surface area contributed by atoms with Crippen molar-refractivity contribution in [2.24, 2.45) is 5.92 Å². The first-order valence-electron chi connectivity index (χ1n) is 10.2. The van der Waals surface area contributed by atoms with E-state index in [1.165, 1.54) is 21.3 Å². The fraction of sp³-hybridized carbons (Fsp3) is 0.636. The van der Waals surface area contributed by atoms with Crippen LogP contribution in [0.2, 0.25) is 0 Å². The molecule has 2 rings (SSSR count). The molecule has 0 saturated heterocycles. The van der Waals surface area contributed by atoms with Gasteiger partial charge in [-0.3, -0.25) is 4.79 Å². The molecule has 1 aromatic rings. The predicted octanol–water partition coefficient (Wildman–Crippen LogP) is 3.53. The van der Waals surface area contributed by atoms with Crippen LogP contribution < -0.4 is 24.8 Å². The number of nitrogens with one attached hydrogen (secondary N) is 2. The van der Waals surface area contributed by atoms with Crippen molar-refractivity contribution in [3.8, 4) is 17.2 Å². The lowest BCUT2D eigenvalue weighted by Gasteiger charge is -2.21. The molecule has 30 heavy (non-hydrogen) atoms. The van der Waals surface area contributed by atoms with Gasteiger partial charge in [0.05, 0.1) is 21.3 Å². The topological polar surface area (TPSA) is 95.1 Å². The molecule has 0 bridgehead atoms. The first-order valence-corrected chi connectivity index (χ1v) is 10.2. The Labute approximate surface area is 178 Å². The third kappa shape index (κ3) is 6.71. The van der Waals surface area contributed by atoms with Crippen LogP contribution in [0.15, 0.2) is 12.1 Å². The molecule has 2 amide bonds. The number of carbonyl (C=O) groups excluding carboxylic acids is 2. The van der Waals surface area contributed by atoms with Crippen LogP contribution >= 0.6 is 0 Å². The molecule has 0 unspecified atom stereocenters. The second kappa shape index (κ2) is 10.4. The standard InChI is InChI=1S/C22H34N2O6/c1-22(2,3)30-21(26)24-16-8-7-14(11-16)9-10-23-20(25)15-12-17(27-4)19(29-6)18(13-15)28-5/h12-14,16H,7-11H2,1-6H3,(H,23,25)(H,24,26)/t14-,16-/m0/s1. The number of methoxy groups -OCH3 is 3. The average Bonchev–Trinajstić information content (AvgIpc) is 3.11. The van der Waals surface area contributed by atoms with Crippen LogP contribution in [0.4, 0.5) is 4.79 Å². The lowest BCUT2D eigenvalue weighted by Crippen LogP contribution is -2.38. The maximum atomic E-state index is 12.6. The molecular formula is C22H34N2O6. The Morgan fingerprint density at radius 3 is 2.20 bits per heavy atom. The Morgan fingerprint density at radius 1 is 1.03 bits per heavy atom. The van der Waals surface area contributed by atoms with Gasteiger partial charge >= 0.3 is 6.09 Å². The Balaban J connectivity index is 1.82. The molecule has 0 spiro atoms. The molecule has 0 heterocycles. The number of amides is 2. The number of hydrogen-bond acceptors (Lipinski definition) is 6. The highest BCUT2D eigenvalue weighted by Gasteiger charge is 2.27. The van der Waals surface area contributed by atoms with E-state index in [-0.39, 0.29) is 18.0 Å². The van der Waals surface area contributed by atoms with E-state index in [4.69, 9.17) is 18.9 Å². The minimum absolute atomic E-state index is 0.121. The highest BCUT2D eigenvalue weighted by atomic mass is 16.6. The van der Waals surface area contributed by atoms with E-state index in [1.54, 1.807) is 12.1 Å². The Morgan fingerprint density at radius 2 is 1.67 bits per heavy atom. The lowest BCUT2D eigenvalue weighted by atomic mass is 10.0. The average molecular weight is 423 g/mol. The third-order valence-electron chi connectivity index (χ3n) is 5.03. The predicted molar refractivity (Wildman–Crippen MR) is 114 cm³/mol. The van der Waals surface area contributed by atoms with Crippen LogP contribution in [0.1, 0.15) is 56.8 Å². The van der Waals surface area contributed by atoms with Crippen LogP contribution in [-0.2, 0) is 4.74 Å². The summed E-state index contributed by atoms with van der Waals surface area (Å²) in [6.07, 6.45) is 3.30. The van der Waals surface area contributed by atoms with Gasteiger partial charge in [-0.25, -0.2) is 4.79 Å². The summed E-state index contributed by atoms with van der Waals surface area (Å²) in [4.78, 5) is 24.5. The zero-order chi connectivity index (χ0) is 22.3. The van der Waals surface area contributed by atoms with E-state index in [1.807, 2.05) is 20.8 Å². The van der Waals surface area contributed by atoms with Crippen molar-refractivity contribution in [1.82, 2.24) is 10.6 Å². The molecule has 0 radical (unpaired) electrons. The largest absolute Gasteiger partial charge is 0.493 e. The smallest absolute Gasteiger partial charge is 0.407 e. The molecule has 0 aliphatic heterocycles. The van der Waals surface area contributed by atoms with Gasteiger partial charge in [-0.15, -0.1) is 0 Å². The minimum Gasteiger partial charge on any atom is -0.493 e. The van der Waals surface area contributed by atoms with Crippen molar-refractivity contribution in [2.75, 3.05) is 27.9 Å². The molecule has 0 aromatic heterocycles. The summed E-state index contributed by atoms with van der Waals surface area (Å²) in [5, 5.41) is 5.89. The molecule has 1 saturated carbocycles. The maximum Gasteiger partial charge on any atom is 0.407 e. The number of benzene rings is 1. The van der Waals surface area contributed by atoms with Crippen molar-refractivity contribution in [3.63, 3.8) is 0 Å². The van der Waals surface area contributed by atoms with Gasteiger partial charge in [-0.05, 0) is 64.5 Å². The Hall–Kier alpha value is -2.64. The first-order chi connectivity index (χ1) is 14.2. The summed E-state index contributed by atoms with van der Waals surface area (Å²) >= 11 is 0. The van der Waals surface area contributed by atoms with Crippen LogP contribution in [0.3, 0.4) is 0 Å². The van der Waals surface area contributed by atoms with E-state index in [0.29, 0.717) is 35.3 Å². The molecule has 1 aliphatic carbocycles. The van der Waals surface area contributed by atoms with Gasteiger partial charge in [0.15, 0.2) is 11.5 Å². The molecule has 2 atom stereocenters. The second-order valence-electron chi connectivity index (χ2n) is 8.48. The lowest BCUT2D eigenvalue weighted by molar-refractivity contribution is 0.0504. The van der Waals surface area contributed by atoms with Crippen molar-refractivity contribution in [2.45, 2.75) is 58.1 Å². The van der Waals surface area contributed by atoms with Crippen LogP contribution in [0, 0.1) is 5.92 Å². The number of alkyl carbamates (subject to hydrolysis) is 1. The zero-order valence-corrected chi connectivity index (χ0v) is 18.8. The summed E-state index contributed by atoms with van der Waals surface area (Å²) in [7, 11) is 4.55. The number of rotatable bonds is 8. The summed E-state index contributed by atoms with van der Waals surface area (Å²) in [6, 6.07) is 3.38. The Bertz CT molecular complexity index is 719. The molecule has 168 valence electrons.